The predicted octanol–water partition coefficient (Wildman–Crippen LogP) is 3.65. The van der Waals surface area contributed by atoms with Crippen LogP contribution in [0.25, 0.3) is 10.8 Å². The van der Waals surface area contributed by atoms with Crippen molar-refractivity contribution in [3.05, 3.63) is 57.2 Å². The van der Waals surface area contributed by atoms with Gasteiger partial charge in [0.15, 0.2) is 0 Å². The van der Waals surface area contributed by atoms with Crippen molar-refractivity contribution in [3.8, 4) is 6.07 Å². The van der Waals surface area contributed by atoms with Crippen LogP contribution in [0.1, 0.15) is 44.1 Å². The first-order chi connectivity index (χ1) is 12.8. The van der Waals surface area contributed by atoms with Gasteiger partial charge in [-0.1, -0.05) is 23.7 Å². The molecule has 0 amide bonds. The monoisotopic (exact) mass is 382 g/mol. The first-order valence-electron chi connectivity index (χ1n) is 8.46. The van der Waals surface area contributed by atoms with Crippen LogP contribution in [0.5, 0.6) is 0 Å². The molecule has 0 unspecified atom stereocenters. The van der Waals surface area contributed by atoms with E-state index in [1.807, 2.05) is 45.0 Å². The second kappa shape index (κ2) is 7.25. The molecule has 0 radical (unpaired) electrons. The molecule has 0 aliphatic heterocycles. The Morgan fingerprint density at radius 1 is 1.30 bits per heavy atom. The van der Waals surface area contributed by atoms with Crippen molar-refractivity contribution in [2.45, 2.75) is 32.9 Å². The summed E-state index contributed by atoms with van der Waals surface area (Å²) in [6, 6.07) is 8.91. The summed E-state index contributed by atoms with van der Waals surface area (Å²) in [6.07, 6.45) is 1.29. The first-order valence-corrected chi connectivity index (χ1v) is 8.83. The molecule has 138 valence electrons. The number of benzene rings is 1. The van der Waals surface area contributed by atoms with Crippen LogP contribution in [0.4, 0.5) is 11.6 Å². The third-order valence-electron chi connectivity index (χ3n) is 4.36. The van der Waals surface area contributed by atoms with E-state index in [4.69, 9.17) is 17.3 Å². The molecule has 0 spiro atoms. The van der Waals surface area contributed by atoms with Gasteiger partial charge in [-0.15, -0.1) is 0 Å². The molecule has 1 atom stereocenters. The summed E-state index contributed by atoms with van der Waals surface area (Å²) in [5, 5.41) is 14.2. The summed E-state index contributed by atoms with van der Waals surface area (Å²) >= 11 is 6.26. The lowest BCUT2D eigenvalue weighted by atomic mass is 10.1. The van der Waals surface area contributed by atoms with E-state index < -0.39 is 0 Å². The van der Waals surface area contributed by atoms with E-state index in [0.717, 1.165) is 11.1 Å². The fourth-order valence-corrected chi connectivity index (χ4v) is 3.38. The van der Waals surface area contributed by atoms with Gasteiger partial charge in [0.1, 0.15) is 29.6 Å². The summed E-state index contributed by atoms with van der Waals surface area (Å²) < 4.78 is 1.70. The van der Waals surface area contributed by atoms with E-state index >= 15 is 0 Å². The van der Waals surface area contributed by atoms with E-state index in [2.05, 4.69) is 15.3 Å². The highest BCUT2D eigenvalue weighted by Gasteiger charge is 2.20. The molecule has 8 heteroatoms. The minimum Gasteiger partial charge on any atom is -0.382 e. The molecule has 0 bridgehead atoms. The second-order valence-electron chi connectivity index (χ2n) is 6.50. The van der Waals surface area contributed by atoms with Crippen LogP contribution in [-0.4, -0.2) is 14.5 Å². The fourth-order valence-electron chi connectivity index (χ4n) is 3.12. The molecule has 2 aromatic heterocycles. The summed E-state index contributed by atoms with van der Waals surface area (Å²) in [4.78, 5) is 21.0. The van der Waals surface area contributed by atoms with Crippen molar-refractivity contribution in [2.75, 3.05) is 11.1 Å². The average Bonchev–Trinajstić information content (AvgIpc) is 2.61. The number of hydrogen-bond acceptors (Lipinski definition) is 6. The minimum atomic E-state index is -0.315. The molecule has 3 N–H and O–H groups in total. The lowest BCUT2D eigenvalue weighted by Gasteiger charge is -2.24. The van der Waals surface area contributed by atoms with Crippen molar-refractivity contribution in [3.63, 3.8) is 0 Å². The number of nitriles is 1. The van der Waals surface area contributed by atoms with E-state index in [0.29, 0.717) is 16.2 Å². The zero-order valence-electron chi connectivity index (χ0n) is 15.2. The van der Waals surface area contributed by atoms with Gasteiger partial charge in [-0.05, 0) is 38.3 Å². The molecule has 0 saturated heterocycles. The SMILES string of the molecule is CC(C)n1c([C@H](C)Nc2ncnc(N)c2C#N)cc2cccc(Cl)c2c1=O. The van der Waals surface area contributed by atoms with E-state index in [-0.39, 0.29) is 29.0 Å². The number of pyridine rings is 1. The predicted molar refractivity (Wildman–Crippen MR) is 107 cm³/mol. The number of nitrogens with two attached hydrogens (primary N) is 1. The van der Waals surface area contributed by atoms with Crippen molar-refractivity contribution in [1.82, 2.24) is 14.5 Å². The highest BCUT2D eigenvalue weighted by molar-refractivity contribution is 6.35. The maximum atomic E-state index is 13.1. The first kappa shape index (κ1) is 18.7. The summed E-state index contributed by atoms with van der Waals surface area (Å²) in [6.45, 7) is 5.76. The van der Waals surface area contributed by atoms with Gasteiger partial charge in [-0.25, -0.2) is 9.97 Å². The Hall–Kier alpha value is -3.11. The Kier molecular flexibility index (Phi) is 5.02. The van der Waals surface area contributed by atoms with Gasteiger partial charge in [0.05, 0.1) is 16.5 Å². The number of nitrogens with zero attached hydrogens (tertiary/aromatic N) is 4. The van der Waals surface area contributed by atoms with Gasteiger partial charge < -0.3 is 15.6 Å². The lowest BCUT2D eigenvalue weighted by molar-refractivity contribution is 0.541. The molecule has 2 heterocycles. The standard InChI is InChI=1S/C19H19ClN6O/c1-10(2)26-15(7-12-5-4-6-14(20)16(12)19(26)27)11(3)25-18-13(8-21)17(22)23-9-24-18/h4-7,9-11H,1-3H3,(H3,22,23,24,25)/t11-/m0/s1. The second-order valence-corrected chi connectivity index (χ2v) is 6.91. The topological polar surface area (TPSA) is 110 Å². The van der Waals surface area contributed by atoms with Crippen LogP contribution in [0.3, 0.4) is 0 Å². The normalized spacial score (nSPS) is 12.1. The third kappa shape index (κ3) is 3.32. The Morgan fingerprint density at radius 3 is 2.70 bits per heavy atom. The average molecular weight is 383 g/mol. The van der Waals surface area contributed by atoms with E-state index in [1.165, 1.54) is 6.33 Å². The zero-order valence-corrected chi connectivity index (χ0v) is 15.9. The number of rotatable bonds is 4. The lowest BCUT2D eigenvalue weighted by Crippen LogP contribution is -2.28. The van der Waals surface area contributed by atoms with Gasteiger partial charge in [-0.3, -0.25) is 4.79 Å². The quantitative estimate of drug-likeness (QED) is 0.712. The highest BCUT2D eigenvalue weighted by atomic mass is 35.5. The summed E-state index contributed by atoms with van der Waals surface area (Å²) in [7, 11) is 0. The Morgan fingerprint density at radius 2 is 2.04 bits per heavy atom. The van der Waals surface area contributed by atoms with Crippen LogP contribution >= 0.6 is 11.6 Å². The molecule has 3 rings (SSSR count). The molecule has 0 fully saturated rings. The van der Waals surface area contributed by atoms with Gasteiger partial charge in [0, 0.05) is 11.7 Å². The fraction of sp³-hybridized carbons (Fsp3) is 0.263. The molecule has 7 nitrogen and oxygen atoms in total. The Labute approximate surface area is 161 Å². The van der Waals surface area contributed by atoms with Crippen LogP contribution in [0, 0.1) is 11.3 Å². The molecular weight excluding hydrogens is 364 g/mol. The number of nitrogens with one attached hydrogen (secondary N) is 1. The van der Waals surface area contributed by atoms with Crippen molar-refractivity contribution in [2.24, 2.45) is 0 Å². The number of aromatic nitrogens is 3. The molecular formula is C19H19ClN6O. The molecule has 1 aromatic carbocycles. The van der Waals surface area contributed by atoms with Gasteiger partial charge in [-0.2, -0.15) is 5.26 Å². The number of hydrogen-bond donors (Lipinski definition) is 2. The number of fused-ring (bicyclic) bond motifs is 1. The smallest absolute Gasteiger partial charge is 0.260 e. The number of halogens is 1. The Balaban J connectivity index is 2.17. The number of nitrogen functional groups attached to an aromatic ring is 1. The van der Waals surface area contributed by atoms with Crippen molar-refractivity contribution < 1.29 is 0 Å². The zero-order chi connectivity index (χ0) is 19.7. The van der Waals surface area contributed by atoms with Gasteiger partial charge in [0.2, 0.25) is 0 Å². The molecule has 0 aliphatic rings. The molecule has 27 heavy (non-hydrogen) atoms. The van der Waals surface area contributed by atoms with Gasteiger partial charge in [0.25, 0.3) is 5.56 Å². The van der Waals surface area contributed by atoms with Crippen molar-refractivity contribution in [1.29, 1.82) is 5.26 Å². The molecule has 0 aliphatic carbocycles. The maximum Gasteiger partial charge on any atom is 0.260 e. The molecule has 0 saturated carbocycles. The van der Waals surface area contributed by atoms with Crippen molar-refractivity contribution >= 4 is 34.0 Å². The van der Waals surface area contributed by atoms with Crippen LogP contribution in [0.2, 0.25) is 5.02 Å². The highest BCUT2D eigenvalue weighted by Crippen LogP contribution is 2.27. The van der Waals surface area contributed by atoms with Crippen LogP contribution in [-0.2, 0) is 0 Å². The minimum absolute atomic E-state index is 0.0803. The number of anilines is 2. The largest absolute Gasteiger partial charge is 0.382 e. The van der Waals surface area contributed by atoms with Crippen LogP contribution in [0.15, 0.2) is 35.4 Å². The Bertz CT molecular complexity index is 1120. The van der Waals surface area contributed by atoms with Crippen LogP contribution < -0.4 is 16.6 Å². The third-order valence-corrected chi connectivity index (χ3v) is 4.68. The maximum absolute atomic E-state index is 13.1. The summed E-state index contributed by atoms with van der Waals surface area (Å²) in [5.74, 6) is 0.431. The van der Waals surface area contributed by atoms with Gasteiger partial charge >= 0.3 is 0 Å². The van der Waals surface area contributed by atoms with E-state index in [9.17, 15) is 10.1 Å². The van der Waals surface area contributed by atoms with E-state index in [1.54, 1.807) is 10.6 Å². The summed E-state index contributed by atoms with van der Waals surface area (Å²) in [5.41, 5.74) is 6.53. The molecule has 3 aromatic rings.